The van der Waals surface area contributed by atoms with Gasteiger partial charge in [0, 0.05) is 123 Å². The third kappa shape index (κ3) is 23.2. The minimum absolute atomic E-state index is 0. The smallest absolute Gasteiger partial charge is 0.170 e. The van der Waals surface area contributed by atoms with Crippen LogP contribution in [0.15, 0.2) is 289 Å². The van der Waals surface area contributed by atoms with Crippen molar-refractivity contribution in [3.8, 4) is 0 Å². The highest BCUT2D eigenvalue weighted by atomic mass is 79.9. The molecule has 7 aliphatic heterocycles. The summed E-state index contributed by atoms with van der Waals surface area (Å²) in [5.41, 5.74) is 30.3. The van der Waals surface area contributed by atoms with Gasteiger partial charge in [-0.25, -0.2) is 0 Å². The van der Waals surface area contributed by atoms with Crippen molar-refractivity contribution in [3.63, 3.8) is 0 Å². The largest absolute Gasteiger partial charge is 0.395 e. The highest BCUT2D eigenvalue weighted by Gasteiger charge is 2.41. The molecule has 6 N–H and O–H groups in total. The molecule has 22 rings (SSSR count). The van der Waals surface area contributed by atoms with E-state index in [4.69, 9.17) is 24.2 Å². The molecule has 23 nitrogen and oxygen atoms in total. The van der Waals surface area contributed by atoms with E-state index in [-0.39, 0.29) is 36.3 Å². The zero-order chi connectivity index (χ0) is 98.4. The number of anilines is 5. The second-order valence-corrected chi connectivity index (χ2v) is 41.6. The van der Waals surface area contributed by atoms with Gasteiger partial charge in [-0.1, -0.05) is 281 Å². The van der Waals surface area contributed by atoms with Crippen LogP contribution in [0.3, 0.4) is 0 Å². The lowest BCUT2D eigenvalue weighted by atomic mass is 10.0. The van der Waals surface area contributed by atoms with Gasteiger partial charge in [0.15, 0.2) is 35.5 Å². The number of halogens is 5. The molecule has 736 valence electrons. The fourth-order valence-corrected chi connectivity index (χ4v) is 21.6. The van der Waals surface area contributed by atoms with Gasteiger partial charge in [-0.3, -0.25) is 28.9 Å². The third-order valence-electron chi connectivity index (χ3n) is 27.2. The van der Waals surface area contributed by atoms with Crippen LogP contribution in [0.5, 0.6) is 0 Å². The molecule has 0 unspecified atom stereocenters. The first kappa shape index (κ1) is 102. The first-order valence-corrected chi connectivity index (χ1v) is 53.1. The van der Waals surface area contributed by atoms with Crippen LogP contribution in [0.2, 0.25) is 0 Å². The van der Waals surface area contributed by atoms with Gasteiger partial charge in [0.25, 0.3) is 0 Å². The molecule has 7 heterocycles. The lowest BCUT2D eigenvalue weighted by Crippen LogP contribution is -3.13. The van der Waals surface area contributed by atoms with Crippen LogP contribution in [0, 0.1) is 0 Å². The number of allylic oxidation sites excluding steroid dienone is 10. The summed E-state index contributed by atoms with van der Waals surface area (Å²) in [4.78, 5) is 99.1. The summed E-state index contributed by atoms with van der Waals surface area (Å²) in [6.45, 7) is 15.7. The number of quaternary nitrogens is 1. The zero-order valence-electron chi connectivity index (χ0n) is 80.2. The Morgan fingerprint density at radius 2 is 0.587 bits per heavy atom. The Balaban J connectivity index is 0.000000123. The Morgan fingerprint density at radius 1 is 0.329 bits per heavy atom. The summed E-state index contributed by atoms with van der Waals surface area (Å²) in [7, 11) is 4.32. The van der Waals surface area contributed by atoms with E-state index in [0.29, 0.717) is 122 Å². The number of unbranched alkanes of at least 4 members (excludes halogenated alkanes) is 4. The molecule has 0 radical (unpaired) electrons. The van der Waals surface area contributed by atoms with Gasteiger partial charge in [0.2, 0.25) is 0 Å². The maximum atomic E-state index is 13.0. The Kier molecular flexibility index (Phi) is 34.1. The summed E-state index contributed by atoms with van der Waals surface area (Å²) in [5.74, 6) is 0.542. The molecule has 143 heavy (non-hydrogen) atoms. The predicted octanol–water partition coefficient (Wildman–Crippen LogP) is 23.2. The van der Waals surface area contributed by atoms with Gasteiger partial charge < -0.3 is 60.6 Å². The molecule has 10 aromatic rings. The number of nitrogens with one attached hydrogen (secondary N) is 6. The Hall–Kier alpha value is -12.1. The van der Waals surface area contributed by atoms with Gasteiger partial charge in [-0.2, -0.15) is 0 Å². The summed E-state index contributed by atoms with van der Waals surface area (Å²) >= 11 is 17.6. The van der Waals surface area contributed by atoms with Crippen molar-refractivity contribution < 1.29 is 53.1 Å². The summed E-state index contributed by atoms with van der Waals surface area (Å²) < 4.78 is 4.79. The lowest BCUT2D eigenvalue weighted by Gasteiger charge is -2.34. The van der Waals surface area contributed by atoms with Crippen molar-refractivity contribution in [1.29, 1.82) is 0 Å². The van der Waals surface area contributed by atoms with Crippen LogP contribution in [-0.4, -0.2) is 160 Å². The van der Waals surface area contributed by atoms with Crippen molar-refractivity contribution >= 4 is 193 Å². The second kappa shape index (κ2) is 47.6. The summed E-state index contributed by atoms with van der Waals surface area (Å²) in [6.07, 6.45) is 15.6. The molecule has 0 aromatic heterocycles. The van der Waals surface area contributed by atoms with E-state index in [1.807, 2.05) is 212 Å². The SMILES string of the molecule is C.CCCCCON=C1/C(=C2/C(=O)Cc3ccc(Br)cc32)Nc2ccccc21.CCCCON=C1/C(=C2/C(=O)Cc3ccc(Br)cc32)Nc2ccccc21.CCCCON=C1/C(=C2/C(=O)Cc3ccc(Br)cc32)Nc2ccccc21.CN(C)C1CCN(CCON=C2/C(=C3/C(=O)Cc4ccc(Br)cc43)Nc3ccccc32)CC1.O=C1Cc2ccc(Br)cc2/C1=C1/Nc2ccccc2/C1=N\OCC[NH+]1CCCCC1. The average molecular weight is 2240 g/mol. The van der Waals surface area contributed by atoms with Crippen LogP contribution in [-0.2, 0) is 80.3 Å². The maximum absolute atomic E-state index is 13.0. The van der Waals surface area contributed by atoms with Gasteiger partial charge in [0.05, 0.1) is 69.4 Å². The molecular weight excluding hydrogens is 2120 g/mol. The molecule has 0 amide bonds. The first-order chi connectivity index (χ1) is 69.3. The van der Waals surface area contributed by atoms with Crippen molar-refractivity contribution in [1.82, 2.24) is 9.80 Å². The quantitative estimate of drug-likeness (QED) is 0.0209. The maximum Gasteiger partial charge on any atom is 0.170 e. The van der Waals surface area contributed by atoms with Crippen LogP contribution in [0.4, 0.5) is 28.4 Å². The number of benzene rings is 10. The van der Waals surface area contributed by atoms with Crippen LogP contribution >= 0.6 is 79.6 Å². The molecule has 10 aromatic carbocycles. The van der Waals surface area contributed by atoms with E-state index < -0.39 is 0 Å². The van der Waals surface area contributed by atoms with E-state index in [0.717, 1.165) is 240 Å². The topological polar surface area (TPSA) is 264 Å². The molecule has 0 bridgehead atoms. The number of carbonyl (C=O) groups excluding carboxylic acids is 5. The van der Waals surface area contributed by atoms with Gasteiger partial charge >= 0.3 is 0 Å². The zero-order valence-corrected chi connectivity index (χ0v) is 88.1. The molecule has 2 saturated heterocycles. The minimum Gasteiger partial charge on any atom is -0.395 e. The normalized spacial score (nSPS) is 20.4. The number of carbonyl (C=O) groups is 5. The van der Waals surface area contributed by atoms with Crippen molar-refractivity contribution in [3.05, 3.63) is 347 Å². The average Bonchev–Trinajstić information content (AvgIpc) is 1.62. The number of oxime groups is 5. The van der Waals surface area contributed by atoms with E-state index >= 15 is 0 Å². The van der Waals surface area contributed by atoms with Crippen molar-refractivity contribution in [2.24, 2.45) is 25.8 Å². The van der Waals surface area contributed by atoms with Crippen molar-refractivity contribution in [2.75, 3.05) is 113 Å². The number of nitrogens with zero attached hydrogens (tertiary/aromatic N) is 7. The minimum atomic E-state index is 0. The molecular formula is C115H117Br5N13O10+. The third-order valence-corrected chi connectivity index (χ3v) is 29.7. The monoisotopic (exact) mass is 2230 g/mol. The first-order valence-electron chi connectivity index (χ1n) is 49.2. The van der Waals surface area contributed by atoms with Gasteiger partial charge in [0.1, 0.15) is 61.5 Å². The molecule has 0 atom stereocenters. The predicted molar refractivity (Wildman–Crippen MR) is 590 cm³/mol. The number of ketones is 5. The Labute approximate surface area is 878 Å². The molecule has 5 aliphatic carbocycles. The molecule has 2 fully saturated rings. The number of likely N-dealkylation sites (tertiary alicyclic amines) is 2. The number of fused-ring (bicyclic) bond motifs is 10. The van der Waals surface area contributed by atoms with Gasteiger partial charge in [-0.05, 0) is 225 Å². The number of Topliss-reactive ketones (excluding diaryl/α,β-unsaturated/α-hetero) is 5. The number of hydrogen-bond acceptors (Lipinski definition) is 22. The van der Waals surface area contributed by atoms with Gasteiger partial charge in [-0.15, -0.1) is 0 Å². The molecule has 12 aliphatic rings. The molecule has 0 saturated carbocycles. The Bertz CT molecular complexity index is 6780. The lowest BCUT2D eigenvalue weighted by molar-refractivity contribution is -0.905. The summed E-state index contributed by atoms with van der Waals surface area (Å²) in [6, 6.07) is 70.4. The Morgan fingerprint density at radius 3 is 0.860 bits per heavy atom. The summed E-state index contributed by atoms with van der Waals surface area (Å²) in [5, 5.41) is 39.3. The number of piperidine rings is 2. The van der Waals surface area contributed by atoms with Crippen molar-refractivity contribution in [2.45, 2.75) is 143 Å². The van der Waals surface area contributed by atoms with E-state index in [2.05, 4.69) is 177 Å². The number of rotatable bonds is 22. The fourth-order valence-electron chi connectivity index (χ4n) is 19.8. The van der Waals surface area contributed by atoms with E-state index in [1.165, 1.54) is 45.2 Å². The molecule has 28 heteroatoms. The standard InChI is InChI=1S/C26H29BrN4O2.C24H24BrN3O2.C22H21BrN2O2.2C21H19BrN2O2.CH4/c1-30(2)19-9-11-31(12-10-19)13-14-33-29-25-20-5-3-4-6-22(20)28-26(25)24-21-16-18(27)8-7-17(21)15-23(24)32;25-17-9-8-16-14-21(29)22(19(16)15-17)24-23(18-6-2-3-7-20(18)26-24)27-30-13-12-28-10-4-1-5-11-28;1-2-3-6-11-27-25-21-16-7-4-5-8-18(16)24-22(21)20-17-13-15(23)10-9-14(17)12-19(20)26;2*1-2-3-10-26-24-20-15-6-4-5-7-17(15)23-21(20)19-16-12-14(22)9-8-13(16)11-18(19)25;/h3-8,16,19,28H,9-15H2,1-2H3;2-3,6-9,15,26H,1,4-5,10-14H2;4-5,7-10,13,24H,2-3,6,11-12H2,1H3;2*4-9,12,23H,2-3,10-11H2,1H3;1H4/p+1/b26-24-,29-25?;24-22-,27-23+;22-20-,25-21?;2*21-19-,24-20?;. The number of hydrogen-bond donors (Lipinski definition) is 6. The van der Waals surface area contributed by atoms with E-state index in [1.54, 1.807) is 4.90 Å². The second-order valence-electron chi connectivity index (χ2n) is 37.0. The molecule has 0 spiro atoms. The highest BCUT2D eigenvalue weighted by Crippen LogP contribution is 2.47. The fraction of sp³-hybridized carbons (Fsp3) is 0.304. The number of para-hydroxylation sites is 5. The van der Waals surface area contributed by atoms with E-state index in [9.17, 15) is 24.0 Å². The highest BCUT2D eigenvalue weighted by molar-refractivity contribution is 9.11. The van der Waals surface area contributed by atoms with Crippen LogP contribution < -0.4 is 31.5 Å². The van der Waals surface area contributed by atoms with Crippen LogP contribution in [0.25, 0.3) is 27.9 Å². The van der Waals surface area contributed by atoms with Crippen LogP contribution in [0.1, 0.15) is 189 Å².